The van der Waals surface area contributed by atoms with E-state index in [0.717, 1.165) is 36.9 Å². The second kappa shape index (κ2) is 11.1. The number of rotatable bonds is 11. The number of carbonyl (C=O) groups excluding carboxylic acids is 1. The van der Waals surface area contributed by atoms with Gasteiger partial charge in [-0.15, -0.1) is 0 Å². The highest BCUT2D eigenvalue weighted by molar-refractivity contribution is 7.92. The van der Waals surface area contributed by atoms with Crippen molar-refractivity contribution in [2.75, 3.05) is 55.7 Å². The Morgan fingerprint density at radius 1 is 1.17 bits per heavy atom. The lowest BCUT2D eigenvalue weighted by molar-refractivity contribution is -0.129. The van der Waals surface area contributed by atoms with Crippen LogP contribution in [0.25, 0.3) is 22.0 Å². The molecule has 1 aromatic carbocycles. The van der Waals surface area contributed by atoms with Crippen molar-refractivity contribution >= 4 is 38.2 Å². The van der Waals surface area contributed by atoms with Crippen molar-refractivity contribution in [1.29, 1.82) is 0 Å². The lowest BCUT2D eigenvalue weighted by Crippen LogP contribution is -2.63. The summed E-state index contributed by atoms with van der Waals surface area (Å²) in [4.78, 5) is 26.3. The van der Waals surface area contributed by atoms with Crippen molar-refractivity contribution in [1.82, 2.24) is 20.2 Å². The SMILES string of the molecule is CCCCN1CC2(C1)C(=O)N(C)c1cnc3cc(F)c(-c4cnc(OCCNC(C)C)c(NS(C)(=O)=O)c4)cc3c12. The lowest BCUT2D eigenvalue weighted by Gasteiger charge is -2.47. The number of nitrogens with zero attached hydrogens (tertiary/aromatic N) is 4. The smallest absolute Gasteiger partial charge is 0.240 e. The third-order valence-electron chi connectivity index (χ3n) is 7.66. The number of hydrogen-bond donors (Lipinski definition) is 2. The Labute approximate surface area is 240 Å². The largest absolute Gasteiger partial charge is 0.475 e. The second-order valence-corrected chi connectivity index (χ2v) is 13.0. The van der Waals surface area contributed by atoms with Crippen LogP contribution in [0.3, 0.4) is 0 Å². The number of fused-ring (bicyclic) bond motifs is 4. The Hall–Kier alpha value is -3.35. The Bertz CT molecular complexity index is 1590. The molecule has 0 saturated carbocycles. The third-order valence-corrected chi connectivity index (χ3v) is 8.25. The zero-order valence-electron chi connectivity index (χ0n) is 24.1. The average Bonchev–Trinajstić information content (AvgIpc) is 3.11. The number of amides is 1. The van der Waals surface area contributed by atoms with E-state index < -0.39 is 21.3 Å². The van der Waals surface area contributed by atoms with Crippen LogP contribution >= 0.6 is 0 Å². The van der Waals surface area contributed by atoms with Crippen molar-refractivity contribution in [2.45, 2.75) is 45.1 Å². The van der Waals surface area contributed by atoms with Crippen molar-refractivity contribution in [3.8, 4) is 17.0 Å². The normalized spacial score (nSPS) is 16.5. The molecule has 2 N–H and O–H groups in total. The fourth-order valence-electron chi connectivity index (χ4n) is 5.75. The molecular formula is C29H37FN6O4S. The molecule has 2 aliphatic heterocycles. The van der Waals surface area contributed by atoms with Gasteiger partial charge in [0.1, 0.15) is 23.5 Å². The minimum atomic E-state index is -3.67. The van der Waals surface area contributed by atoms with Crippen LogP contribution in [-0.2, 0) is 20.2 Å². The van der Waals surface area contributed by atoms with Crippen molar-refractivity contribution in [3.05, 3.63) is 42.0 Å². The molecule has 5 rings (SSSR count). The van der Waals surface area contributed by atoms with Crippen molar-refractivity contribution in [2.24, 2.45) is 0 Å². The van der Waals surface area contributed by atoms with E-state index in [2.05, 4.69) is 31.8 Å². The maximum atomic E-state index is 15.6. The standard InChI is InChI=1S/C29H37FN6O4S/c1-6-7-9-36-16-29(17-36)26-21-12-20(22(30)13-23(21)32-15-25(26)35(4)28(29)37)19-11-24(34-41(5,38)39)27(33-14-19)40-10-8-31-18(2)3/h11-15,18,31,34H,6-10,16-17H2,1-5H3. The number of unbranched alkanes of at least 4 members (excludes halogenated alkanes) is 1. The van der Waals surface area contributed by atoms with Crippen LogP contribution in [0.2, 0.25) is 0 Å². The molecule has 0 radical (unpaired) electrons. The molecule has 3 aromatic rings. The van der Waals surface area contributed by atoms with Crippen LogP contribution in [0, 0.1) is 5.82 Å². The van der Waals surface area contributed by atoms with Gasteiger partial charge in [-0.25, -0.2) is 17.8 Å². The van der Waals surface area contributed by atoms with Crippen molar-refractivity contribution < 1.29 is 22.3 Å². The summed E-state index contributed by atoms with van der Waals surface area (Å²) in [5.74, 6) is -0.409. The Kier molecular flexibility index (Phi) is 7.92. The first-order valence-electron chi connectivity index (χ1n) is 13.9. The predicted octanol–water partition coefficient (Wildman–Crippen LogP) is 3.51. The van der Waals surface area contributed by atoms with E-state index in [9.17, 15) is 13.2 Å². The topological polar surface area (TPSA) is 117 Å². The summed E-state index contributed by atoms with van der Waals surface area (Å²) in [6.07, 6.45) is 6.28. The minimum absolute atomic E-state index is 0.0233. The lowest BCUT2D eigenvalue weighted by atomic mass is 9.73. The molecule has 0 aliphatic carbocycles. The summed E-state index contributed by atoms with van der Waals surface area (Å²) in [6, 6.07) is 4.85. The molecule has 0 atom stereocenters. The van der Waals surface area contributed by atoms with Crippen LogP contribution in [0.4, 0.5) is 15.8 Å². The molecule has 220 valence electrons. The summed E-state index contributed by atoms with van der Waals surface area (Å²) in [5, 5.41) is 3.92. The first-order chi connectivity index (χ1) is 19.4. The van der Waals surface area contributed by atoms with Gasteiger partial charge in [0.15, 0.2) is 0 Å². The zero-order chi connectivity index (χ0) is 29.5. The molecule has 2 aliphatic rings. The zero-order valence-corrected chi connectivity index (χ0v) is 24.9. The average molecular weight is 585 g/mol. The molecule has 4 heterocycles. The minimum Gasteiger partial charge on any atom is -0.475 e. The van der Waals surface area contributed by atoms with Crippen LogP contribution in [-0.4, -0.2) is 81.3 Å². The Morgan fingerprint density at radius 2 is 1.93 bits per heavy atom. The number of benzene rings is 1. The first kappa shape index (κ1) is 29.2. The predicted molar refractivity (Wildman–Crippen MR) is 158 cm³/mol. The molecule has 1 spiro atoms. The van der Waals surface area contributed by atoms with Crippen LogP contribution in [0.15, 0.2) is 30.6 Å². The number of ether oxygens (including phenoxy) is 1. The summed E-state index contributed by atoms with van der Waals surface area (Å²) < 4.78 is 48.0. The van der Waals surface area contributed by atoms with Gasteiger partial charge < -0.3 is 19.9 Å². The molecule has 41 heavy (non-hydrogen) atoms. The number of hydrogen-bond acceptors (Lipinski definition) is 8. The number of anilines is 2. The molecule has 0 unspecified atom stereocenters. The number of pyridine rings is 2. The number of aromatic nitrogens is 2. The second-order valence-electron chi connectivity index (χ2n) is 11.3. The van der Waals surface area contributed by atoms with E-state index in [4.69, 9.17) is 4.74 Å². The van der Waals surface area contributed by atoms with Crippen LogP contribution < -0.4 is 19.7 Å². The molecule has 10 nitrogen and oxygen atoms in total. The van der Waals surface area contributed by atoms with E-state index in [0.29, 0.717) is 36.1 Å². The Morgan fingerprint density at radius 3 is 2.61 bits per heavy atom. The van der Waals surface area contributed by atoms with Gasteiger partial charge in [0.05, 0.1) is 23.7 Å². The molecular weight excluding hydrogens is 547 g/mol. The summed E-state index contributed by atoms with van der Waals surface area (Å²) >= 11 is 0. The number of nitrogens with one attached hydrogen (secondary N) is 2. The van der Waals surface area contributed by atoms with E-state index in [1.165, 1.54) is 18.3 Å². The number of likely N-dealkylation sites (tertiary alicyclic amines) is 1. The number of halogens is 1. The Balaban J connectivity index is 1.56. The number of sulfonamides is 1. The monoisotopic (exact) mass is 584 g/mol. The van der Waals surface area contributed by atoms with Gasteiger partial charge in [-0.2, -0.15) is 0 Å². The maximum absolute atomic E-state index is 15.6. The highest BCUT2D eigenvalue weighted by Gasteiger charge is 2.57. The van der Waals surface area contributed by atoms with E-state index in [1.807, 2.05) is 13.8 Å². The van der Waals surface area contributed by atoms with Gasteiger partial charge in [-0.05, 0) is 25.1 Å². The summed E-state index contributed by atoms with van der Waals surface area (Å²) in [6.45, 7) is 9.12. The molecule has 12 heteroatoms. The molecule has 0 bridgehead atoms. The van der Waals surface area contributed by atoms with Gasteiger partial charge in [0.25, 0.3) is 0 Å². The molecule has 1 amide bonds. The highest BCUT2D eigenvalue weighted by Crippen LogP contribution is 2.50. The fraction of sp³-hybridized carbons (Fsp3) is 0.483. The van der Waals surface area contributed by atoms with Gasteiger partial charge in [-0.3, -0.25) is 14.5 Å². The van der Waals surface area contributed by atoms with Crippen LogP contribution in [0.5, 0.6) is 5.88 Å². The first-order valence-corrected chi connectivity index (χ1v) is 15.8. The van der Waals surface area contributed by atoms with E-state index in [-0.39, 0.29) is 35.7 Å². The molecule has 1 fully saturated rings. The van der Waals surface area contributed by atoms with E-state index in [1.54, 1.807) is 24.2 Å². The van der Waals surface area contributed by atoms with Gasteiger partial charge in [-0.1, -0.05) is 27.2 Å². The molecule has 2 aromatic heterocycles. The van der Waals surface area contributed by atoms with Crippen molar-refractivity contribution in [3.63, 3.8) is 0 Å². The quantitative estimate of drug-likeness (QED) is 0.329. The summed E-state index contributed by atoms with van der Waals surface area (Å²) in [5.41, 5.74) is 2.06. The highest BCUT2D eigenvalue weighted by atomic mass is 32.2. The summed E-state index contributed by atoms with van der Waals surface area (Å²) in [7, 11) is -1.91. The molecule has 1 saturated heterocycles. The number of carbonyl (C=O) groups is 1. The van der Waals surface area contributed by atoms with Crippen LogP contribution in [0.1, 0.15) is 39.2 Å². The third kappa shape index (κ3) is 5.60. The van der Waals surface area contributed by atoms with Gasteiger partial charge >= 0.3 is 0 Å². The fourth-order valence-corrected chi connectivity index (χ4v) is 6.30. The van der Waals surface area contributed by atoms with Gasteiger partial charge in [0.2, 0.25) is 21.8 Å². The van der Waals surface area contributed by atoms with E-state index >= 15 is 4.39 Å². The number of likely N-dealkylation sites (N-methyl/N-ethyl adjacent to an activating group) is 1. The maximum Gasteiger partial charge on any atom is 0.240 e. The van der Waals surface area contributed by atoms with Gasteiger partial charge in [0, 0.05) is 67.1 Å².